The molecule has 0 saturated carbocycles. The fourth-order valence-electron chi connectivity index (χ4n) is 3.31. The lowest BCUT2D eigenvalue weighted by molar-refractivity contribution is -0.0961. The van der Waals surface area contributed by atoms with E-state index >= 15 is 0 Å². The van der Waals surface area contributed by atoms with E-state index in [4.69, 9.17) is 0 Å². The Morgan fingerprint density at radius 1 is 1.42 bits per heavy atom. The zero-order valence-corrected chi connectivity index (χ0v) is 11.5. The van der Waals surface area contributed by atoms with Gasteiger partial charge >= 0.3 is 6.18 Å². The van der Waals surface area contributed by atoms with Gasteiger partial charge in [-0.05, 0) is 32.2 Å². The Hall–Kier alpha value is -0.550. The molecule has 0 aromatic heterocycles. The fourth-order valence-corrected chi connectivity index (χ4v) is 3.31. The van der Waals surface area contributed by atoms with Gasteiger partial charge in [-0.2, -0.15) is 13.2 Å². The molecule has 0 aromatic carbocycles. The van der Waals surface area contributed by atoms with Crippen LogP contribution in [0, 0.1) is 0 Å². The summed E-state index contributed by atoms with van der Waals surface area (Å²) in [6, 6.07) is 0. The van der Waals surface area contributed by atoms with Crippen LogP contribution in [-0.2, 0) is 0 Å². The van der Waals surface area contributed by atoms with Gasteiger partial charge in [-0.25, -0.2) is 0 Å². The summed E-state index contributed by atoms with van der Waals surface area (Å²) in [5, 5.41) is 3.58. The third kappa shape index (κ3) is 3.72. The zero-order chi connectivity index (χ0) is 13.9. The first-order chi connectivity index (χ1) is 8.95. The van der Waals surface area contributed by atoms with E-state index in [1.807, 2.05) is 0 Å². The molecule has 0 amide bonds. The third-order valence-electron chi connectivity index (χ3n) is 4.24. The molecule has 0 radical (unpaired) electrons. The molecule has 110 valence electrons. The highest BCUT2D eigenvalue weighted by atomic mass is 19.4. The van der Waals surface area contributed by atoms with E-state index in [1.54, 1.807) is 0 Å². The van der Waals surface area contributed by atoms with Gasteiger partial charge in [0.15, 0.2) is 0 Å². The summed E-state index contributed by atoms with van der Waals surface area (Å²) in [4.78, 5) is 2.16. The van der Waals surface area contributed by atoms with Gasteiger partial charge in [-0.1, -0.05) is 19.4 Å². The van der Waals surface area contributed by atoms with E-state index in [2.05, 4.69) is 17.1 Å². The number of hydrogen-bond donors (Lipinski definition) is 1. The van der Waals surface area contributed by atoms with Crippen LogP contribution < -0.4 is 5.32 Å². The second-order valence-electron chi connectivity index (χ2n) is 5.77. The van der Waals surface area contributed by atoms with Crippen molar-refractivity contribution in [2.24, 2.45) is 0 Å². The zero-order valence-electron chi connectivity index (χ0n) is 11.5. The maximum absolute atomic E-state index is 12.6. The molecule has 1 unspecified atom stereocenters. The van der Waals surface area contributed by atoms with Gasteiger partial charge in [-0.3, -0.25) is 4.90 Å². The normalized spacial score (nSPS) is 29.6. The van der Waals surface area contributed by atoms with Crippen molar-refractivity contribution >= 4 is 0 Å². The Balaban J connectivity index is 1.93. The van der Waals surface area contributed by atoms with Crippen LogP contribution in [0.1, 0.15) is 39.0 Å². The highest BCUT2D eigenvalue weighted by Crippen LogP contribution is 2.32. The Labute approximate surface area is 113 Å². The minimum atomic E-state index is -4.14. The summed E-state index contributed by atoms with van der Waals surface area (Å²) >= 11 is 0. The smallest absolute Gasteiger partial charge is 0.310 e. The second kappa shape index (κ2) is 5.83. The van der Waals surface area contributed by atoms with Crippen LogP contribution in [0.25, 0.3) is 0 Å². The highest BCUT2D eigenvalue weighted by molar-refractivity contribution is 5.13. The molecule has 2 aliphatic rings. The van der Waals surface area contributed by atoms with Crippen molar-refractivity contribution in [1.82, 2.24) is 10.2 Å². The lowest BCUT2D eigenvalue weighted by atomic mass is 9.90. The highest BCUT2D eigenvalue weighted by Gasteiger charge is 2.38. The predicted octanol–water partition coefficient (Wildman–Crippen LogP) is 3.10. The van der Waals surface area contributed by atoms with Gasteiger partial charge < -0.3 is 5.32 Å². The van der Waals surface area contributed by atoms with Crippen LogP contribution in [0.2, 0.25) is 0 Å². The maximum atomic E-state index is 12.6. The van der Waals surface area contributed by atoms with Gasteiger partial charge in [0.2, 0.25) is 0 Å². The lowest BCUT2D eigenvalue weighted by Gasteiger charge is -2.37. The van der Waals surface area contributed by atoms with Crippen molar-refractivity contribution in [1.29, 1.82) is 0 Å². The Morgan fingerprint density at radius 3 is 2.68 bits per heavy atom. The largest absolute Gasteiger partial charge is 0.412 e. The average molecular weight is 276 g/mol. The molecular weight excluding hydrogens is 253 g/mol. The quantitative estimate of drug-likeness (QED) is 0.794. The summed E-state index contributed by atoms with van der Waals surface area (Å²) in [6.07, 6.45) is 1.90. The minimum absolute atomic E-state index is 0.131. The topological polar surface area (TPSA) is 15.3 Å². The third-order valence-corrected chi connectivity index (χ3v) is 4.24. The van der Waals surface area contributed by atoms with E-state index in [0.717, 1.165) is 32.4 Å². The van der Waals surface area contributed by atoms with Crippen LogP contribution in [0.15, 0.2) is 11.6 Å². The summed E-state index contributed by atoms with van der Waals surface area (Å²) in [6.45, 7) is 5.04. The summed E-state index contributed by atoms with van der Waals surface area (Å²) < 4.78 is 37.7. The summed E-state index contributed by atoms with van der Waals surface area (Å²) in [5.74, 6) is 0. The molecule has 1 N–H and O–H groups in total. The van der Waals surface area contributed by atoms with Gasteiger partial charge in [0.05, 0.1) is 0 Å². The number of nitrogens with zero attached hydrogens (tertiary/aromatic N) is 1. The molecule has 1 atom stereocenters. The van der Waals surface area contributed by atoms with Crippen LogP contribution in [-0.4, -0.2) is 42.8 Å². The number of alkyl halides is 3. The monoisotopic (exact) mass is 276 g/mol. The van der Waals surface area contributed by atoms with Crippen molar-refractivity contribution < 1.29 is 13.2 Å². The van der Waals surface area contributed by atoms with Crippen LogP contribution in [0.3, 0.4) is 0 Å². The fraction of sp³-hybridized carbons (Fsp3) is 0.857. The van der Waals surface area contributed by atoms with E-state index in [0.29, 0.717) is 13.1 Å². The van der Waals surface area contributed by atoms with Gasteiger partial charge in [0.1, 0.15) is 0 Å². The van der Waals surface area contributed by atoms with Crippen molar-refractivity contribution in [2.45, 2.75) is 50.7 Å². The number of nitrogens with one attached hydrogen (secondary N) is 1. The van der Waals surface area contributed by atoms with Gasteiger partial charge in [-0.15, -0.1) is 0 Å². The Morgan fingerprint density at radius 2 is 2.21 bits per heavy atom. The van der Waals surface area contributed by atoms with Crippen molar-refractivity contribution in [3.05, 3.63) is 11.6 Å². The van der Waals surface area contributed by atoms with E-state index in [1.165, 1.54) is 12.5 Å². The van der Waals surface area contributed by atoms with Gasteiger partial charge in [0, 0.05) is 30.7 Å². The van der Waals surface area contributed by atoms with Crippen LogP contribution in [0.5, 0.6) is 0 Å². The standard InChI is InChI=1S/C14H23F3N2/c1-2-6-13(7-3-8-18-13)11-19-9-4-12(5-10-19)14(15,16)17/h4,18H,2-3,5-11H2,1H3. The van der Waals surface area contributed by atoms with Crippen LogP contribution >= 0.6 is 0 Å². The number of rotatable bonds is 4. The molecule has 2 aliphatic heterocycles. The molecule has 2 nitrogen and oxygen atoms in total. The molecule has 0 aromatic rings. The molecular formula is C14H23F3N2. The van der Waals surface area contributed by atoms with E-state index in [-0.39, 0.29) is 17.5 Å². The molecule has 1 fully saturated rings. The van der Waals surface area contributed by atoms with E-state index in [9.17, 15) is 13.2 Å². The second-order valence-corrected chi connectivity index (χ2v) is 5.77. The Kier molecular flexibility index (Phi) is 4.56. The predicted molar refractivity (Wildman–Crippen MR) is 70.1 cm³/mol. The molecule has 2 heterocycles. The first-order valence-electron chi connectivity index (χ1n) is 7.19. The first-order valence-corrected chi connectivity index (χ1v) is 7.19. The molecule has 0 spiro atoms. The molecule has 19 heavy (non-hydrogen) atoms. The van der Waals surface area contributed by atoms with Crippen molar-refractivity contribution in [3.8, 4) is 0 Å². The molecule has 5 heteroatoms. The summed E-state index contributed by atoms with van der Waals surface area (Å²) in [7, 11) is 0. The number of hydrogen-bond acceptors (Lipinski definition) is 2. The Bertz CT molecular complexity index is 330. The van der Waals surface area contributed by atoms with Crippen molar-refractivity contribution in [2.75, 3.05) is 26.2 Å². The van der Waals surface area contributed by atoms with Gasteiger partial charge in [0.25, 0.3) is 0 Å². The molecule has 0 bridgehead atoms. The maximum Gasteiger partial charge on any atom is 0.412 e. The summed E-state index contributed by atoms with van der Waals surface area (Å²) in [5.41, 5.74) is -0.217. The molecule has 0 aliphatic carbocycles. The molecule has 1 saturated heterocycles. The average Bonchev–Trinajstić information content (AvgIpc) is 2.77. The molecule has 2 rings (SSSR count). The first kappa shape index (κ1) is 14.9. The SMILES string of the molecule is CCCC1(CN2CC=C(C(F)(F)F)CC2)CCCN1. The lowest BCUT2D eigenvalue weighted by Crippen LogP contribution is -2.51. The minimum Gasteiger partial charge on any atom is -0.310 e. The number of halogens is 3. The van der Waals surface area contributed by atoms with Crippen molar-refractivity contribution in [3.63, 3.8) is 0 Å². The van der Waals surface area contributed by atoms with E-state index < -0.39 is 6.18 Å². The van der Waals surface area contributed by atoms with Crippen LogP contribution in [0.4, 0.5) is 13.2 Å².